The third kappa shape index (κ3) is 2.88. The molecule has 0 aromatic heterocycles. The Balaban J connectivity index is 1.94. The first-order chi connectivity index (χ1) is 8.73. The molecular weight excluding hydrogens is 283 g/mol. The van der Waals surface area contributed by atoms with Gasteiger partial charge in [-0.2, -0.15) is 13.2 Å². The van der Waals surface area contributed by atoms with Crippen LogP contribution in [0.4, 0.5) is 13.2 Å². The molecule has 1 amide bonds. The van der Waals surface area contributed by atoms with Crippen LogP contribution in [0.25, 0.3) is 0 Å². The van der Waals surface area contributed by atoms with E-state index in [1.807, 2.05) is 0 Å². The monoisotopic (exact) mass is 299 g/mol. The van der Waals surface area contributed by atoms with E-state index in [1.165, 1.54) is 0 Å². The van der Waals surface area contributed by atoms with Gasteiger partial charge in [0.1, 0.15) is 0 Å². The van der Waals surface area contributed by atoms with E-state index in [-0.39, 0.29) is 13.1 Å². The normalized spacial score (nSPS) is 23.2. The average Bonchev–Trinajstić information content (AvgIpc) is 2.26. The molecular formula is C11H16F3NO3S. The molecule has 0 atom stereocenters. The van der Waals surface area contributed by atoms with Crippen molar-refractivity contribution in [2.24, 2.45) is 0 Å². The number of nitrogens with zero attached hydrogens (tertiary/aromatic N) is 1. The molecule has 1 aliphatic carbocycles. The quantitative estimate of drug-likeness (QED) is 0.776. The molecule has 1 aliphatic heterocycles. The Morgan fingerprint density at radius 3 is 2.00 bits per heavy atom. The van der Waals surface area contributed by atoms with Gasteiger partial charge in [0, 0.05) is 13.1 Å². The third-order valence-electron chi connectivity index (χ3n) is 3.86. The first-order valence-corrected chi connectivity index (χ1v) is 7.92. The van der Waals surface area contributed by atoms with Crippen molar-refractivity contribution in [2.75, 3.05) is 13.1 Å². The van der Waals surface area contributed by atoms with Crippen LogP contribution in [0.2, 0.25) is 0 Å². The van der Waals surface area contributed by atoms with Crippen molar-refractivity contribution in [1.29, 1.82) is 0 Å². The average molecular weight is 299 g/mol. The molecule has 0 spiro atoms. The van der Waals surface area contributed by atoms with Gasteiger partial charge in [-0.15, -0.1) is 0 Å². The lowest BCUT2D eigenvalue weighted by Crippen LogP contribution is -2.61. The number of likely N-dealkylation sites (tertiary alicyclic amines) is 1. The van der Waals surface area contributed by atoms with Crippen LogP contribution in [-0.4, -0.2) is 49.0 Å². The third-order valence-corrected chi connectivity index (χ3v) is 6.49. The lowest BCUT2D eigenvalue weighted by molar-refractivity contribution is -0.188. The van der Waals surface area contributed by atoms with E-state index in [9.17, 15) is 26.4 Å². The summed E-state index contributed by atoms with van der Waals surface area (Å²) >= 11 is 0. The highest BCUT2D eigenvalue weighted by Gasteiger charge is 2.50. The van der Waals surface area contributed by atoms with Crippen LogP contribution < -0.4 is 0 Å². The van der Waals surface area contributed by atoms with Crippen LogP contribution in [0.15, 0.2) is 0 Å². The molecule has 1 saturated carbocycles. The maximum Gasteiger partial charge on any atom is 0.471 e. The van der Waals surface area contributed by atoms with E-state index in [0.29, 0.717) is 17.7 Å². The largest absolute Gasteiger partial charge is 0.471 e. The van der Waals surface area contributed by atoms with Crippen molar-refractivity contribution < 1.29 is 26.4 Å². The zero-order valence-corrected chi connectivity index (χ0v) is 11.1. The number of carbonyl (C=O) groups excluding carboxylic acids is 1. The molecule has 2 aliphatic rings. The fourth-order valence-electron chi connectivity index (χ4n) is 2.66. The fraction of sp³-hybridized carbons (Fsp3) is 0.909. The Bertz CT molecular complexity index is 448. The van der Waals surface area contributed by atoms with E-state index in [0.717, 1.165) is 19.3 Å². The van der Waals surface area contributed by atoms with Crippen LogP contribution in [0.5, 0.6) is 0 Å². The standard InChI is InChI=1S/C11H16F3NO3S/c12-11(13,14)10(16)15-6-9(7-15)19(17,18)8-4-2-1-3-5-8/h8-9H,1-7H2. The van der Waals surface area contributed by atoms with Gasteiger partial charge in [0.15, 0.2) is 9.84 Å². The van der Waals surface area contributed by atoms with E-state index in [4.69, 9.17) is 0 Å². The summed E-state index contributed by atoms with van der Waals surface area (Å²) in [5.74, 6) is -1.94. The van der Waals surface area contributed by atoms with Crippen molar-refractivity contribution in [3.05, 3.63) is 0 Å². The van der Waals surface area contributed by atoms with Crippen LogP contribution >= 0.6 is 0 Å². The molecule has 0 unspecified atom stereocenters. The van der Waals surface area contributed by atoms with E-state index < -0.39 is 32.4 Å². The number of alkyl halides is 3. The Morgan fingerprint density at radius 1 is 1.00 bits per heavy atom. The van der Waals surface area contributed by atoms with Crippen molar-refractivity contribution >= 4 is 15.7 Å². The highest BCUT2D eigenvalue weighted by atomic mass is 32.2. The summed E-state index contributed by atoms with van der Waals surface area (Å²) in [5, 5.41) is -1.25. The van der Waals surface area contributed by atoms with Crippen LogP contribution in [0, 0.1) is 0 Å². The topological polar surface area (TPSA) is 54.5 Å². The first-order valence-electron chi connectivity index (χ1n) is 6.31. The Morgan fingerprint density at radius 2 is 1.53 bits per heavy atom. The maximum absolute atomic E-state index is 12.2. The predicted octanol–water partition coefficient (Wildman–Crippen LogP) is 1.51. The smallest absolute Gasteiger partial charge is 0.332 e. The second-order valence-corrected chi connectivity index (χ2v) is 7.69. The van der Waals surface area contributed by atoms with Crippen molar-refractivity contribution in [1.82, 2.24) is 4.90 Å². The zero-order valence-electron chi connectivity index (χ0n) is 10.3. The van der Waals surface area contributed by atoms with E-state index in [2.05, 4.69) is 0 Å². The minimum absolute atomic E-state index is 0.322. The predicted molar refractivity (Wildman–Crippen MR) is 62.2 cm³/mol. The number of hydrogen-bond donors (Lipinski definition) is 0. The molecule has 1 heterocycles. The van der Waals surface area contributed by atoms with Gasteiger partial charge in [-0.05, 0) is 12.8 Å². The van der Waals surface area contributed by atoms with Gasteiger partial charge in [0.25, 0.3) is 0 Å². The Kier molecular flexibility index (Phi) is 3.81. The van der Waals surface area contributed by atoms with Gasteiger partial charge in [0.05, 0.1) is 10.5 Å². The Hall–Kier alpha value is -0.790. The molecule has 4 nitrogen and oxygen atoms in total. The van der Waals surface area contributed by atoms with Crippen LogP contribution in [0.1, 0.15) is 32.1 Å². The van der Waals surface area contributed by atoms with Crippen molar-refractivity contribution in [3.63, 3.8) is 0 Å². The minimum atomic E-state index is -4.92. The lowest BCUT2D eigenvalue weighted by atomic mass is 10.0. The molecule has 0 radical (unpaired) electrons. The van der Waals surface area contributed by atoms with Gasteiger partial charge >= 0.3 is 12.1 Å². The molecule has 0 aromatic carbocycles. The van der Waals surface area contributed by atoms with Crippen LogP contribution in [-0.2, 0) is 14.6 Å². The number of sulfone groups is 1. The summed E-state index contributed by atoms with van der Waals surface area (Å²) in [5.41, 5.74) is 0. The molecule has 19 heavy (non-hydrogen) atoms. The van der Waals surface area contributed by atoms with Gasteiger partial charge in [0.2, 0.25) is 0 Å². The summed E-state index contributed by atoms with van der Waals surface area (Å²) < 4.78 is 60.8. The van der Waals surface area contributed by atoms with Gasteiger partial charge in [-0.1, -0.05) is 19.3 Å². The number of amides is 1. The first kappa shape index (κ1) is 14.6. The molecule has 2 rings (SSSR count). The maximum atomic E-state index is 12.2. The second kappa shape index (κ2) is 4.96. The van der Waals surface area contributed by atoms with E-state index >= 15 is 0 Å². The summed E-state index contributed by atoms with van der Waals surface area (Å²) in [6.07, 6.45) is -1.03. The number of rotatable bonds is 2. The van der Waals surface area contributed by atoms with E-state index in [1.54, 1.807) is 0 Å². The van der Waals surface area contributed by atoms with Crippen LogP contribution in [0.3, 0.4) is 0 Å². The minimum Gasteiger partial charge on any atom is -0.332 e. The summed E-state index contributed by atoms with van der Waals surface area (Å²) in [4.78, 5) is 11.5. The summed E-state index contributed by atoms with van der Waals surface area (Å²) in [7, 11) is -3.40. The van der Waals surface area contributed by atoms with Gasteiger partial charge < -0.3 is 4.90 Å². The summed E-state index contributed by atoms with van der Waals surface area (Å²) in [6.45, 7) is -0.644. The van der Waals surface area contributed by atoms with Gasteiger partial charge in [-0.3, -0.25) is 4.79 Å². The number of carbonyl (C=O) groups is 1. The van der Waals surface area contributed by atoms with Crippen molar-refractivity contribution in [2.45, 2.75) is 48.8 Å². The molecule has 8 heteroatoms. The zero-order chi connectivity index (χ0) is 14.3. The number of hydrogen-bond acceptors (Lipinski definition) is 3. The fourth-order valence-corrected chi connectivity index (χ4v) is 4.97. The second-order valence-electron chi connectivity index (χ2n) is 5.18. The molecule has 0 aromatic rings. The molecule has 0 N–H and O–H groups in total. The SMILES string of the molecule is O=C(N1CC(S(=O)(=O)C2CCCCC2)C1)C(F)(F)F. The van der Waals surface area contributed by atoms with Gasteiger partial charge in [-0.25, -0.2) is 8.42 Å². The number of halogens is 3. The molecule has 1 saturated heterocycles. The molecule has 110 valence electrons. The van der Waals surface area contributed by atoms with Crippen molar-refractivity contribution in [3.8, 4) is 0 Å². The molecule has 0 bridgehead atoms. The highest BCUT2D eigenvalue weighted by molar-refractivity contribution is 7.92. The highest BCUT2D eigenvalue weighted by Crippen LogP contribution is 2.31. The summed E-state index contributed by atoms with van der Waals surface area (Å²) in [6, 6.07) is 0. The Labute approximate surface area is 109 Å². The lowest BCUT2D eigenvalue weighted by Gasteiger charge is -2.40. The molecule has 2 fully saturated rings.